The molecular weight excluding hydrogens is 2290 g/mol. The van der Waals surface area contributed by atoms with Crippen LogP contribution in [0.4, 0.5) is 0 Å². The van der Waals surface area contributed by atoms with Crippen molar-refractivity contribution >= 4 is 0 Å². The van der Waals surface area contributed by atoms with Crippen LogP contribution in [0.15, 0.2) is 432 Å². The van der Waals surface area contributed by atoms with Crippen LogP contribution in [0, 0.1) is 83.1 Å². The van der Waals surface area contributed by atoms with Crippen molar-refractivity contribution in [1.29, 1.82) is 0 Å². The van der Waals surface area contributed by atoms with Gasteiger partial charge in [-0.25, -0.2) is 0 Å². The minimum absolute atomic E-state index is 0. The SMILES string of the molecule is Cc1ccc(-c2[c-]cccc2)nc1.Cc1ccc(-c2[c-]cccc2)nc1.Cc1ccc(-c2[c-]cccc2)nc1.Cc1ccc(-c2[c-]cccc2)nc1.Cc1cccc(-c2ccnc(-c3[c-]cccc3)c2)n1.[Ir].[Ir].[Ir].[Ir].[c-]1ccccc1-c1cc(-c2ccccn2)ccn1.[c-]1ccccc1-c1cc(-c2cccnc2)ccn1.[c-]1ccccc1-c1cc(-c2ccncc2)ccn1. The van der Waals surface area contributed by atoms with Crippen LogP contribution in [0.25, 0.3) is 135 Å². The molecule has 0 saturated heterocycles. The van der Waals surface area contributed by atoms with Gasteiger partial charge in [0.05, 0.1) is 11.4 Å². The molecule has 129 heavy (non-hydrogen) atoms. The van der Waals surface area contributed by atoms with Gasteiger partial charge in [0.2, 0.25) is 0 Å². The van der Waals surface area contributed by atoms with Crippen molar-refractivity contribution in [3.05, 3.63) is 509 Å². The maximum atomic E-state index is 4.54. The van der Waals surface area contributed by atoms with Crippen molar-refractivity contribution < 1.29 is 80.4 Å². The van der Waals surface area contributed by atoms with Crippen LogP contribution in [-0.4, -0.2) is 59.8 Å². The van der Waals surface area contributed by atoms with E-state index in [0.29, 0.717) is 0 Å². The van der Waals surface area contributed by atoms with Crippen LogP contribution in [0.5, 0.6) is 0 Å². The monoisotopic (exact) mass is 2380 g/mol. The van der Waals surface area contributed by atoms with Crippen LogP contribution in [0.1, 0.15) is 27.9 Å². The molecule has 0 aliphatic carbocycles. The third kappa shape index (κ3) is 31.9. The number of benzene rings is 8. The number of aryl methyl sites for hydroxylation is 5. The number of hydrogen-bond donors (Lipinski definition) is 0. The van der Waals surface area contributed by atoms with Gasteiger partial charge in [0, 0.05) is 167 Å². The van der Waals surface area contributed by atoms with E-state index >= 15 is 0 Å². The first kappa shape index (κ1) is 98.9. The van der Waals surface area contributed by atoms with E-state index in [1.54, 1.807) is 31.0 Å². The van der Waals surface area contributed by atoms with Crippen molar-refractivity contribution in [2.75, 3.05) is 0 Å². The summed E-state index contributed by atoms with van der Waals surface area (Å²) in [6.45, 7) is 10.1. The van der Waals surface area contributed by atoms with E-state index in [-0.39, 0.29) is 80.4 Å². The summed E-state index contributed by atoms with van der Waals surface area (Å²) in [4.78, 5) is 51.9. The molecule has 12 heterocycles. The maximum Gasteiger partial charge on any atom is 0.0698 e. The molecule has 16 heteroatoms. The summed E-state index contributed by atoms with van der Waals surface area (Å²) in [6.07, 6.45) is 23.8. The Morgan fingerprint density at radius 1 is 0.171 bits per heavy atom. The average Bonchev–Trinajstić information content (AvgIpc) is 0.838. The van der Waals surface area contributed by atoms with Gasteiger partial charge in [-0.1, -0.05) is 91.0 Å². The predicted octanol–water partition coefficient (Wildman–Crippen LogP) is 26.2. The second-order valence-electron chi connectivity index (χ2n) is 28.2. The number of pyridine rings is 12. The maximum absolute atomic E-state index is 4.54. The average molecular weight is 2380 g/mol. The number of aromatic nitrogens is 12. The van der Waals surface area contributed by atoms with Crippen LogP contribution >= 0.6 is 0 Å². The van der Waals surface area contributed by atoms with Gasteiger partial charge in [0.25, 0.3) is 0 Å². The minimum atomic E-state index is 0. The van der Waals surface area contributed by atoms with Crippen LogP contribution in [0.2, 0.25) is 0 Å². The first-order valence-electron chi connectivity index (χ1n) is 40.6. The van der Waals surface area contributed by atoms with E-state index in [4.69, 9.17) is 0 Å². The molecule has 20 rings (SSSR count). The molecule has 12 aromatic heterocycles. The molecule has 0 atom stereocenters. The molecule has 0 saturated carbocycles. The van der Waals surface area contributed by atoms with Gasteiger partial charge in [-0.3, -0.25) is 19.9 Å². The Morgan fingerprint density at radius 3 is 0.744 bits per heavy atom. The predicted molar refractivity (Wildman–Crippen MR) is 505 cm³/mol. The van der Waals surface area contributed by atoms with Gasteiger partial charge in [0.1, 0.15) is 0 Å². The van der Waals surface area contributed by atoms with Gasteiger partial charge in [-0.2, -0.15) is 0 Å². The molecule has 642 valence electrons. The van der Waals surface area contributed by atoms with Crippen molar-refractivity contribution in [1.82, 2.24) is 59.8 Å². The second-order valence-corrected chi connectivity index (χ2v) is 28.2. The molecule has 12 nitrogen and oxygen atoms in total. The molecular formula is C113H86Ir4N12-8. The summed E-state index contributed by atoms with van der Waals surface area (Å²) in [5.74, 6) is 0. The quantitative estimate of drug-likeness (QED) is 0.107. The third-order valence-corrected chi connectivity index (χ3v) is 18.7. The van der Waals surface area contributed by atoms with Gasteiger partial charge in [0.15, 0.2) is 0 Å². The van der Waals surface area contributed by atoms with E-state index in [1.807, 2.05) is 400 Å². The van der Waals surface area contributed by atoms with Crippen molar-refractivity contribution in [3.63, 3.8) is 0 Å². The summed E-state index contributed by atoms with van der Waals surface area (Å²) in [6, 6.07) is 140. The Labute approximate surface area is 811 Å². The summed E-state index contributed by atoms with van der Waals surface area (Å²) in [5, 5.41) is 0. The summed E-state index contributed by atoms with van der Waals surface area (Å²) in [5.41, 5.74) is 30.1. The molecule has 0 aliphatic heterocycles. The summed E-state index contributed by atoms with van der Waals surface area (Å²) < 4.78 is 0. The third-order valence-electron chi connectivity index (χ3n) is 18.7. The van der Waals surface area contributed by atoms with Gasteiger partial charge < -0.3 is 39.9 Å². The van der Waals surface area contributed by atoms with Crippen LogP contribution in [0.3, 0.4) is 0 Å². The smallest absolute Gasteiger partial charge is 0.0698 e. The fourth-order valence-electron chi connectivity index (χ4n) is 12.2. The normalized spacial score (nSPS) is 9.81. The molecule has 0 bridgehead atoms. The minimum Gasteiger partial charge on any atom is -0.305 e. The van der Waals surface area contributed by atoms with Gasteiger partial charge >= 0.3 is 0 Å². The zero-order chi connectivity index (χ0) is 86.1. The van der Waals surface area contributed by atoms with E-state index < -0.39 is 0 Å². The van der Waals surface area contributed by atoms with E-state index in [2.05, 4.69) is 145 Å². The Balaban J connectivity index is 0.000000166. The number of nitrogens with zero attached hydrogens (tertiary/aromatic N) is 12. The van der Waals surface area contributed by atoms with Crippen molar-refractivity contribution in [3.8, 4) is 135 Å². The summed E-state index contributed by atoms with van der Waals surface area (Å²) in [7, 11) is 0. The second kappa shape index (κ2) is 54.2. The van der Waals surface area contributed by atoms with E-state index in [0.717, 1.165) is 141 Å². The summed E-state index contributed by atoms with van der Waals surface area (Å²) >= 11 is 0. The molecule has 0 fully saturated rings. The first-order chi connectivity index (χ1) is 61.6. The molecule has 4 radical (unpaired) electrons. The Kier molecular flexibility index (Phi) is 41.6. The Bertz CT molecular complexity index is 5740. The first-order valence-corrected chi connectivity index (χ1v) is 40.6. The zero-order valence-corrected chi connectivity index (χ0v) is 80.8. The molecule has 20 aromatic rings. The van der Waals surface area contributed by atoms with Crippen LogP contribution < -0.4 is 0 Å². The fourth-order valence-corrected chi connectivity index (χ4v) is 12.2. The van der Waals surface area contributed by atoms with Crippen molar-refractivity contribution in [2.45, 2.75) is 34.6 Å². The molecule has 0 unspecified atom stereocenters. The Hall–Kier alpha value is -13.8. The molecule has 0 aliphatic rings. The number of rotatable bonds is 12. The fraction of sp³-hybridized carbons (Fsp3) is 0.0442. The van der Waals surface area contributed by atoms with E-state index in [1.165, 1.54) is 22.3 Å². The van der Waals surface area contributed by atoms with Crippen LogP contribution in [-0.2, 0) is 80.4 Å². The van der Waals surface area contributed by atoms with Gasteiger partial charge in [-0.15, -0.1) is 287 Å². The molecule has 0 spiro atoms. The Morgan fingerprint density at radius 2 is 0.457 bits per heavy atom. The zero-order valence-electron chi connectivity index (χ0n) is 71.2. The molecule has 0 amide bonds. The number of hydrogen-bond acceptors (Lipinski definition) is 12. The topological polar surface area (TPSA) is 155 Å². The molecule has 8 aromatic carbocycles. The van der Waals surface area contributed by atoms with Gasteiger partial charge in [-0.05, 0) is 203 Å². The standard InChI is InChI=1S/C17H13N2.3C16H11N2.4C12H10N.4Ir/c1-13-6-5-9-16(19-13)15-10-11-18-17(12-15)14-7-3-2-4-8-14;1-2-6-13(7-3-1)16-12-14(9-11-18-16)15-8-4-5-10-17-15;1-2-5-13(6-3-1)16-11-14(8-10-18-16)15-7-4-9-17-12-15;1-2-4-14(5-3-1)16-12-15(8-11-18-16)13-6-9-17-10-7-13;4*1-10-7-8-12(13-9-10)11-5-3-2-4-6-11;;;;/h2-7,9-12H,1H3;1-6,8-12H;1-5,7-12H;1-4,6-12H;4*2-5,7-9H,1H3;;;;/q8*-1;;;;. The van der Waals surface area contributed by atoms with Crippen molar-refractivity contribution in [2.24, 2.45) is 0 Å². The van der Waals surface area contributed by atoms with E-state index in [9.17, 15) is 0 Å². The molecule has 0 N–H and O–H groups in total. The largest absolute Gasteiger partial charge is 0.305 e.